The number of rotatable bonds is 5. The van der Waals surface area contributed by atoms with Gasteiger partial charge in [-0.1, -0.05) is 0 Å². The number of nitriles is 2. The molecule has 30 heavy (non-hydrogen) atoms. The van der Waals surface area contributed by atoms with Gasteiger partial charge in [0, 0.05) is 0 Å². The monoisotopic (exact) mass is 414 g/mol. The molecule has 4 rings (SSSR count). The minimum atomic E-state index is -1.98. The summed E-state index contributed by atoms with van der Waals surface area (Å²) in [4.78, 5) is 15.7. The fraction of sp³-hybridized carbons (Fsp3) is 0.500. The van der Waals surface area contributed by atoms with Gasteiger partial charge in [-0.25, -0.2) is 14.3 Å². The maximum Gasteiger partial charge on any atom is 0.508 e. The number of nitrogens with two attached hydrogens (primary N) is 1. The van der Waals surface area contributed by atoms with Crippen LogP contribution >= 0.6 is 0 Å². The van der Waals surface area contributed by atoms with Crippen LogP contribution in [0, 0.1) is 28.1 Å². The lowest BCUT2D eigenvalue weighted by atomic mass is 9.92. The molecule has 12 heteroatoms. The second-order valence-electron chi connectivity index (χ2n) is 7.34. The van der Waals surface area contributed by atoms with Gasteiger partial charge in [0.05, 0.1) is 17.2 Å². The number of carbonyl (C=O) groups excluding carboxylic acids is 1. The van der Waals surface area contributed by atoms with Crippen LogP contribution in [0.2, 0.25) is 0 Å². The van der Waals surface area contributed by atoms with Crippen LogP contribution in [0.15, 0.2) is 18.5 Å². The van der Waals surface area contributed by atoms with Crippen molar-refractivity contribution < 1.29 is 29.2 Å². The molecular formula is C18H18N6O6. The first kappa shape index (κ1) is 19.8. The molecule has 2 aromatic heterocycles. The summed E-state index contributed by atoms with van der Waals surface area (Å²) in [6, 6.07) is 7.00. The van der Waals surface area contributed by atoms with E-state index in [0.29, 0.717) is 18.4 Å². The maximum atomic E-state index is 11.8. The number of nitrogen functional groups attached to an aromatic ring is 1. The Hall–Kier alpha value is -3.45. The summed E-state index contributed by atoms with van der Waals surface area (Å²) in [5, 5.41) is 43.8. The minimum Gasteiger partial charge on any atom is -0.433 e. The number of aromatic nitrogens is 3. The number of anilines is 1. The highest BCUT2D eigenvalue weighted by Crippen LogP contribution is 2.45. The first-order valence-corrected chi connectivity index (χ1v) is 9.10. The molecule has 1 saturated heterocycles. The quantitative estimate of drug-likeness (QED) is 0.540. The van der Waals surface area contributed by atoms with Gasteiger partial charge in [-0.3, -0.25) is 0 Å². The lowest BCUT2D eigenvalue weighted by Crippen LogP contribution is -2.41. The molecule has 1 saturated carbocycles. The third kappa shape index (κ3) is 3.07. The Morgan fingerprint density at radius 3 is 2.77 bits per heavy atom. The van der Waals surface area contributed by atoms with Crippen molar-refractivity contribution in [1.29, 1.82) is 10.5 Å². The molecule has 156 valence electrons. The number of aliphatic hydroxyl groups is 2. The second-order valence-corrected chi connectivity index (χ2v) is 7.34. The fourth-order valence-electron chi connectivity index (χ4n) is 3.38. The molecule has 0 radical (unpaired) electrons. The molecule has 0 aromatic carbocycles. The van der Waals surface area contributed by atoms with Gasteiger partial charge in [-0.15, -0.1) is 0 Å². The van der Waals surface area contributed by atoms with Crippen LogP contribution in [0.3, 0.4) is 0 Å². The van der Waals surface area contributed by atoms with Crippen LogP contribution in [0.25, 0.3) is 5.52 Å². The van der Waals surface area contributed by atoms with Crippen LogP contribution in [0.5, 0.6) is 0 Å². The molecule has 0 unspecified atom stereocenters. The Morgan fingerprint density at radius 1 is 1.33 bits per heavy atom. The number of ether oxygens (including phenoxy) is 3. The molecule has 4 N–H and O–H groups in total. The third-order valence-electron chi connectivity index (χ3n) is 5.41. The zero-order chi connectivity index (χ0) is 21.5. The average Bonchev–Trinajstić information content (AvgIpc) is 3.34. The Balaban J connectivity index is 1.48. The van der Waals surface area contributed by atoms with Gasteiger partial charge in [-0.05, 0) is 25.0 Å². The zero-order valence-electron chi connectivity index (χ0n) is 15.6. The molecule has 4 atom stereocenters. The van der Waals surface area contributed by atoms with Gasteiger partial charge in [-0.2, -0.15) is 15.6 Å². The normalized spacial score (nSPS) is 29.1. The second kappa shape index (κ2) is 7.11. The predicted octanol–water partition coefficient (Wildman–Crippen LogP) is -0.392. The van der Waals surface area contributed by atoms with Crippen LogP contribution < -0.4 is 5.73 Å². The van der Waals surface area contributed by atoms with Crippen molar-refractivity contribution in [1.82, 2.24) is 14.6 Å². The summed E-state index contributed by atoms with van der Waals surface area (Å²) >= 11 is 0. The van der Waals surface area contributed by atoms with Crippen molar-refractivity contribution in [2.45, 2.75) is 36.8 Å². The first-order chi connectivity index (χ1) is 14.4. The molecule has 1 aliphatic carbocycles. The Kier molecular flexibility index (Phi) is 4.70. The van der Waals surface area contributed by atoms with Crippen molar-refractivity contribution >= 4 is 17.5 Å². The first-order valence-electron chi connectivity index (χ1n) is 9.10. The largest absolute Gasteiger partial charge is 0.508 e. The fourth-order valence-corrected chi connectivity index (χ4v) is 3.38. The minimum absolute atomic E-state index is 0.0849. The molecule has 12 nitrogen and oxygen atoms in total. The van der Waals surface area contributed by atoms with E-state index >= 15 is 0 Å². The van der Waals surface area contributed by atoms with E-state index in [-0.39, 0.29) is 18.1 Å². The summed E-state index contributed by atoms with van der Waals surface area (Å²) in [5.41, 5.74) is 3.70. The van der Waals surface area contributed by atoms with E-state index in [1.807, 2.05) is 6.07 Å². The van der Waals surface area contributed by atoms with Crippen LogP contribution in [0.1, 0.15) is 18.5 Å². The lowest BCUT2D eigenvalue weighted by molar-refractivity contribution is -0.0725. The number of nitrogens with zero attached hydrogens (tertiary/aromatic N) is 5. The van der Waals surface area contributed by atoms with E-state index in [0.717, 1.165) is 0 Å². The molecule has 1 aliphatic heterocycles. The van der Waals surface area contributed by atoms with Gasteiger partial charge in [0.15, 0.2) is 5.82 Å². The number of fused-ring (bicyclic) bond motifs is 1. The highest BCUT2D eigenvalue weighted by molar-refractivity contribution is 5.66. The van der Waals surface area contributed by atoms with Gasteiger partial charge in [0.25, 0.3) is 0 Å². The van der Waals surface area contributed by atoms with E-state index in [1.54, 1.807) is 6.07 Å². The van der Waals surface area contributed by atoms with Gasteiger partial charge in [0.1, 0.15) is 49.4 Å². The Morgan fingerprint density at radius 2 is 2.10 bits per heavy atom. The molecular weight excluding hydrogens is 396 g/mol. The highest BCUT2D eigenvalue weighted by Gasteiger charge is 2.58. The SMILES string of the molecule is N#CC1(COC(=O)OC[C@H]2O[C@@](C#N)(c3ccc4c(N)ncnn34)[C@H](O)[C@@H]2O)CC1. The van der Waals surface area contributed by atoms with E-state index in [1.165, 1.54) is 16.9 Å². The number of hydrogen-bond acceptors (Lipinski definition) is 11. The Labute approximate surface area is 170 Å². The lowest BCUT2D eigenvalue weighted by Gasteiger charge is -2.24. The predicted molar refractivity (Wildman–Crippen MR) is 96.2 cm³/mol. The molecule has 2 aliphatic rings. The highest BCUT2D eigenvalue weighted by atomic mass is 16.7. The van der Waals surface area contributed by atoms with Gasteiger partial charge >= 0.3 is 6.16 Å². The smallest absolute Gasteiger partial charge is 0.433 e. The third-order valence-corrected chi connectivity index (χ3v) is 5.41. The number of hydrogen-bond donors (Lipinski definition) is 3. The van der Waals surface area contributed by atoms with Gasteiger partial charge in [0.2, 0.25) is 5.60 Å². The maximum absolute atomic E-state index is 11.8. The molecule has 0 bridgehead atoms. The van der Waals surface area contributed by atoms with Crippen molar-refractivity contribution in [3.05, 3.63) is 24.2 Å². The van der Waals surface area contributed by atoms with Crippen LogP contribution in [0.4, 0.5) is 10.6 Å². The van der Waals surface area contributed by atoms with E-state index in [2.05, 4.69) is 16.2 Å². The van der Waals surface area contributed by atoms with E-state index in [4.69, 9.17) is 25.2 Å². The van der Waals surface area contributed by atoms with Crippen LogP contribution in [-0.4, -0.2) is 62.5 Å². The molecule has 3 heterocycles. The average molecular weight is 414 g/mol. The van der Waals surface area contributed by atoms with Gasteiger partial charge < -0.3 is 30.2 Å². The molecule has 0 spiro atoms. The molecule has 2 fully saturated rings. The molecule has 2 aromatic rings. The van der Waals surface area contributed by atoms with Crippen molar-refractivity contribution in [2.24, 2.45) is 5.41 Å². The number of carbonyl (C=O) groups is 1. The van der Waals surface area contributed by atoms with Crippen molar-refractivity contribution in [2.75, 3.05) is 18.9 Å². The molecule has 0 amide bonds. The van der Waals surface area contributed by atoms with E-state index in [9.17, 15) is 20.3 Å². The summed E-state index contributed by atoms with van der Waals surface area (Å²) in [7, 11) is 0. The standard InChI is InChI=1S/C18H18N6O6/c19-6-17(3-4-17)8-29-16(27)28-5-11-13(25)14(26)18(7-20,30-11)12-2-1-10-15(21)22-9-23-24(10)12/h1-2,9,11,13-14,25-26H,3-5,8H2,(H2,21,22,23)/t11-,13-,14-,18+/m1/s1. The summed E-state index contributed by atoms with van der Waals surface area (Å²) in [6.45, 7) is -0.557. The van der Waals surface area contributed by atoms with Crippen LogP contribution in [-0.2, 0) is 19.8 Å². The summed E-state index contributed by atoms with van der Waals surface area (Å²) < 4.78 is 16.8. The van der Waals surface area contributed by atoms with Crippen molar-refractivity contribution in [3.8, 4) is 12.1 Å². The van der Waals surface area contributed by atoms with Crippen molar-refractivity contribution in [3.63, 3.8) is 0 Å². The summed E-state index contributed by atoms with van der Waals surface area (Å²) in [6.07, 6.45) is -2.95. The zero-order valence-corrected chi connectivity index (χ0v) is 15.6. The summed E-state index contributed by atoms with van der Waals surface area (Å²) in [5.74, 6) is 0.158. The van der Waals surface area contributed by atoms with E-state index < -0.39 is 42.1 Å². The number of aliphatic hydroxyl groups excluding tert-OH is 2. The Bertz CT molecular complexity index is 1070. The topological polar surface area (TPSA) is 189 Å².